The number of rotatable bonds is 1. The van der Waals surface area contributed by atoms with Crippen molar-refractivity contribution in [2.75, 3.05) is 0 Å². The van der Waals surface area contributed by atoms with Crippen LogP contribution in [0.1, 0.15) is 7.43 Å². The Morgan fingerprint density at radius 3 is 0.875 bits per heavy atom. The minimum absolute atomic E-state index is 0. The quantitative estimate of drug-likeness (QED) is 0.219. The van der Waals surface area contributed by atoms with Crippen LogP contribution in [0, 0.1) is 0 Å². The normalized spacial score (nSPS) is 4.88. The van der Waals surface area contributed by atoms with Crippen molar-refractivity contribution in [3.8, 4) is 0 Å². The first-order chi connectivity index (χ1) is 3.55. The second-order valence-corrected chi connectivity index (χ2v) is 3.36. The average Bonchev–Trinajstić information content (AvgIpc) is 1.64. The van der Waals surface area contributed by atoms with Crippen molar-refractivity contribution in [3.05, 3.63) is 9.52 Å². The summed E-state index contributed by atoms with van der Waals surface area (Å²) in [6.45, 7) is 0. The van der Waals surface area contributed by atoms with Gasteiger partial charge in [-0.05, 0) is 0 Å². The van der Waals surface area contributed by atoms with E-state index in [-0.39, 0.29) is 116 Å². The molecule has 0 rings (SSSR count). The summed E-state index contributed by atoms with van der Waals surface area (Å²) in [6, 6.07) is 0. The molecule has 16 heavy (non-hydrogen) atoms. The molecule has 0 saturated carbocycles. The van der Waals surface area contributed by atoms with Gasteiger partial charge in [-0.25, -0.2) is 0 Å². The predicted molar refractivity (Wildman–Crippen MR) is 52.6 cm³/mol. The predicted octanol–water partition coefficient (Wildman–Crippen LogP) is -14.0. The zero-order chi connectivity index (χ0) is 6.73. The molecular formula is C4H5Cl11Sb-. The number of allylic oxidation sites excluding steroid dienone is 1. The van der Waals surface area contributed by atoms with E-state index in [9.17, 15) is 0 Å². The SMILES string of the molecule is C.ClC(Cl)=C(Cl)C(Cl)Cl.[Cl-].[Cl-].[Cl-].[Cl-].[Cl-].[Cl-].[Sb+5]. The number of hydrogen-bond donors (Lipinski definition) is 0. The molecule has 0 heterocycles. The largest absolute Gasteiger partial charge is 5.00 e. The van der Waals surface area contributed by atoms with E-state index >= 15 is 0 Å². The van der Waals surface area contributed by atoms with Crippen LogP contribution in [0.25, 0.3) is 0 Å². The Morgan fingerprint density at radius 1 is 0.688 bits per heavy atom. The van der Waals surface area contributed by atoms with Gasteiger partial charge in [0.2, 0.25) is 0 Å². The Balaban J connectivity index is -0.00000000875. The van der Waals surface area contributed by atoms with E-state index in [1.54, 1.807) is 0 Å². The fourth-order valence-corrected chi connectivity index (χ4v) is 0.742. The van der Waals surface area contributed by atoms with Crippen LogP contribution in [0.15, 0.2) is 9.52 Å². The Bertz CT molecular complexity index is 111. The number of halogens is 11. The molecule has 0 amide bonds. The summed E-state index contributed by atoms with van der Waals surface area (Å²) in [7, 11) is 0. The first-order valence-corrected chi connectivity index (χ1v) is 3.55. The third-order valence-electron chi connectivity index (χ3n) is 0.372. The third-order valence-corrected chi connectivity index (χ3v) is 2.04. The third kappa shape index (κ3) is 36.1. The zero-order valence-corrected chi connectivity index (χ0v) is 17.1. The molecule has 104 valence electrons. The average molecular weight is 565 g/mol. The maximum Gasteiger partial charge on any atom is 5.00 e. The summed E-state index contributed by atoms with van der Waals surface area (Å²) in [5, 5.41) is 0.0525. The van der Waals surface area contributed by atoms with E-state index < -0.39 is 4.84 Å². The Hall–Kier alpha value is 3.75. The van der Waals surface area contributed by atoms with Crippen LogP contribution in [0.4, 0.5) is 0 Å². The minimum Gasteiger partial charge on any atom is -1.00 e. The molecule has 0 fully saturated rings. The van der Waals surface area contributed by atoms with Gasteiger partial charge in [-0.2, -0.15) is 0 Å². The van der Waals surface area contributed by atoms with Crippen molar-refractivity contribution in [2.45, 2.75) is 12.3 Å². The molecule has 0 spiro atoms. The Morgan fingerprint density at radius 2 is 0.875 bits per heavy atom. The molecule has 0 bridgehead atoms. The van der Waals surface area contributed by atoms with Crippen molar-refractivity contribution in [1.29, 1.82) is 0 Å². The number of alkyl halides is 2. The summed E-state index contributed by atoms with van der Waals surface area (Å²) in [5.41, 5.74) is 0. The summed E-state index contributed by atoms with van der Waals surface area (Å²) in [6.07, 6.45) is 0. The van der Waals surface area contributed by atoms with Crippen LogP contribution in [-0.2, 0) is 0 Å². The van der Waals surface area contributed by atoms with Gasteiger partial charge in [-0.3, -0.25) is 0 Å². The van der Waals surface area contributed by atoms with Crippen LogP contribution >= 0.6 is 58.0 Å². The van der Waals surface area contributed by atoms with Gasteiger partial charge in [0.15, 0.2) is 0 Å². The van der Waals surface area contributed by atoms with Gasteiger partial charge in [0.25, 0.3) is 0 Å². The first-order valence-electron chi connectivity index (χ1n) is 1.54. The van der Waals surface area contributed by atoms with E-state index in [4.69, 9.17) is 58.0 Å². The second kappa shape index (κ2) is 36.3. The standard InChI is InChI=1S/C3HCl5.CH4.6ClH.Sb/c4-1(2(5)6)3(7)8;;;;;;;;/h2H;1H4;6*1H;/q;;;;;;;;+5/p-6. The van der Waals surface area contributed by atoms with Gasteiger partial charge >= 0.3 is 24.4 Å². The van der Waals surface area contributed by atoms with Gasteiger partial charge in [-0.1, -0.05) is 65.4 Å². The fourth-order valence-electron chi connectivity index (χ4n) is 0.0825. The maximum absolute atomic E-state index is 5.30. The van der Waals surface area contributed by atoms with Crippen LogP contribution in [0.3, 0.4) is 0 Å². The van der Waals surface area contributed by atoms with Gasteiger partial charge in [0.05, 0.1) is 5.03 Å². The molecule has 0 aromatic heterocycles. The molecule has 0 N–H and O–H groups in total. The molecular weight excluding hydrogens is 560 g/mol. The van der Waals surface area contributed by atoms with E-state index in [2.05, 4.69) is 0 Å². The van der Waals surface area contributed by atoms with Crippen molar-refractivity contribution in [2.24, 2.45) is 0 Å². The Labute approximate surface area is 176 Å². The zero-order valence-electron chi connectivity index (χ0n) is 6.18. The summed E-state index contributed by atoms with van der Waals surface area (Å²) in [4.78, 5) is -0.832. The Kier molecular flexibility index (Phi) is 136. The summed E-state index contributed by atoms with van der Waals surface area (Å²) < 4.78 is -0.0957. The topological polar surface area (TPSA) is 0 Å². The van der Waals surface area contributed by atoms with Crippen LogP contribution in [0.2, 0.25) is 0 Å². The van der Waals surface area contributed by atoms with Crippen LogP contribution < -0.4 is 74.4 Å². The smallest absolute Gasteiger partial charge is 1.00 e. The van der Waals surface area contributed by atoms with Crippen molar-refractivity contribution < 1.29 is 74.4 Å². The minimum atomic E-state index is -0.832. The molecule has 0 radical (unpaired) electrons. The fraction of sp³-hybridized carbons (Fsp3) is 0.500. The number of hydrogen-bond acceptors (Lipinski definition) is 0. The molecule has 0 nitrogen and oxygen atoms in total. The first kappa shape index (κ1) is 60.1. The molecule has 12 heteroatoms. The van der Waals surface area contributed by atoms with Crippen molar-refractivity contribution >= 4 is 82.4 Å². The van der Waals surface area contributed by atoms with Crippen molar-refractivity contribution in [3.63, 3.8) is 0 Å². The van der Waals surface area contributed by atoms with Crippen molar-refractivity contribution in [1.82, 2.24) is 0 Å². The van der Waals surface area contributed by atoms with Gasteiger partial charge in [0, 0.05) is 0 Å². The molecule has 0 atom stereocenters. The molecule has 0 aromatic carbocycles. The maximum atomic E-state index is 5.30. The molecule has 0 saturated heterocycles. The van der Waals surface area contributed by atoms with Gasteiger partial charge in [-0.15, -0.1) is 0 Å². The molecule has 0 aliphatic carbocycles. The van der Waals surface area contributed by atoms with Crippen LogP contribution in [-0.4, -0.2) is 29.3 Å². The monoisotopic (exact) mass is 559 g/mol. The van der Waals surface area contributed by atoms with Crippen LogP contribution in [0.5, 0.6) is 0 Å². The van der Waals surface area contributed by atoms with E-state index in [0.717, 1.165) is 0 Å². The van der Waals surface area contributed by atoms with E-state index in [0.29, 0.717) is 0 Å². The van der Waals surface area contributed by atoms with E-state index in [1.807, 2.05) is 0 Å². The van der Waals surface area contributed by atoms with Gasteiger partial charge in [0.1, 0.15) is 9.33 Å². The molecule has 0 aliphatic rings. The molecule has 0 aromatic rings. The summed E-state index contributed by atoms with van der Waals surface area (Å²) >= 11 is 26.1. The summed E-state index contributed by atoms with van der Waals surface area (Å²) in [5.74, 6) is 0. The molecule has 0 aliphatic heterocycles. The van der Waals surface area contributed by atoms with Gasteiger partial charge < -0.3 is 74.4 Å². The second-order valence-electron chi connectivity index (χ2n) is 0.909. The van der Waals surface area contributed by atoms with E-state index in [1.165, 1.54) is 0 Å². The molecule has 0 unspecified atom stereocenters.